The van der Waals surface area contributed by atoms with Gasteiger partial charge in [-0.1, -0.05) is 13.8 Å². The van der Waals surface area contributed by atoms with Crippen LogP contribution in [0.3, 0.4) is 0 Å². The van der Waals surface area contributed by atoms with E-state index in [9.17, 15) is 0 Å². The van der Waals surface area contributed by atoms with E-state index in [-0.39, 0.29) is 0 Å². The summed E-state index contributed by atoms with van der Waals surface area (Å²) in [4.78, 5) is 0. The van der Waals surface area contributed by atoms with Gasteiger partial charge in [-0.2, -0.15) is 5.10 Å². The zero-order chi connectivity index (χ0) is 19.3. The van der Waals surface area contributed by atoms with Crippen LogP contribution in [0.1, 0.15) is 51.0 Å². The normalized spacial score (nSPS) is 35.4. The summed E-state index contributed by atoms with van der Waals surface area (Å²) in [5, 5.41) is 15.8. The van der Waals surface area contributed by atoms with E-state index in [4.69, 9.17) is 15.6 Å². The summed E-state index contributed by atoms with van der Waals surface area (Å²) >= 11 is 0. The molecule has 5 N–H and O–H groups in total. The summed E-state index contributed by atoms with van der Waals surface area (Å²) in [6, 6.07) is 0.429. The predicted molar refractivity (Wildman–Crippen MR) is 110 cm³/mol. The van der Waals surface area contributed by atoms with Gasteiger partial charge in [-0.25, -0.2) is 4.68 Å². The Morgan fingerprint density at radius 3 is 2.61 bits per heavy atom. The highest BCUT2D eigenvalue weighted by Crippen LogP contribution is 2.49. The lowest BCUT2D eigenvalue weighted by Gasteiger charge is -2.45. The lowest BCUT2D eigenvalue weighted by molar-refractivity contribution is 0.0791. The van der Waals surface area contributed by atoms with Crippen molar-refractivity contribution >= 4 is 5.82 Å². The van der Waals surface area contributed by atoms with Gasteiger partial charge in [-0.05, 0) is 62.6 Å². The van der Waals surface area contributed by atoms with E-state index in [1.54, 1.807) is 0 Å². The number of fused-ring (bicyclic) bond motifs is 3. The smallest absolute Gasteiger partial charge is 0.138 e. The molecule has 1 saturated carbocycles. The Balaban J connectivity index is 1.53. The maximum absolute atomic E-state index is 7.27. The Labute approximate surface area is 167 Å². The first-order valence-electron chi connectivity index (χ1n) is 11.0. The molecule has 2 bridgehead atoms. The van der Waals surface area contributed by atoms with Gasteiger partial charge in [0.05, 0.1) is 6.20 Å². The Bertz CT molecular complexity index is 736. The first kappa shape index (κ1) is 18.5. The molecule has 1 aromatic heterocycles. The maximum atomic E-state index is 7.27. The number of anilines is 1. The van der Waals surface area contributed by atoms with Crippen LogP contribution in [0, 0.1) is 17.8 Å². The van der Waals surface area contributed by atoms with Crippen molar-refractivity contribution in [2.24, 2.45) is 23.5 Å². The standard InChI is InChI=1S/C21H34N6O/c1-13(2)17-12-24-27-20(17)26-18(25-16-5-7-28-8-6-16)9-21(27,22)19-14-3-4-15(19)11-23-10-14/h9,12-16,19,23,25-26H,3-8,10-11,22H2,1-2H3. The van der Waals surface area contributed by atoms with Crippen molar-refractivity contribution in [2.75, 3.05) is 31.6 Å². The topological polar surface area (TPSA) is 89.2 Å². The number of hydrogen-bond acceptors (Lipinski definition) is 6. The number of rotatable bonds is 4. The fraction of sp³-hybridized carbons (Fsp3) is 0.762. The fourth-order valence-electron chi connectivity index (χ4n) is 5.87. The molecule has 1 aromatic rings. The van der Waals surface area contributed by atoms with Crippen LogP contribution in [0.15, 0.2) is 18.1 Å². The van der Waals surface area contributed by atoms with Gasteiger partial charge in [-0.15, -0.1) is 0 Å². The molecule has 5 rings (SSSR count). The number of hydrogen-bond donors (Lipinski definition) is 4. The summed E-state index contributed by atoms with van der Waals surface area (Å²) < 4.78 is 7.61. The quantitative estimate of drug-likeness (QED) is 0.632. The summed E-state index contributed by atoms with van der Waals surface area (Å²) in [6.07, 6.45) is 8.82. The Morgan fingerprint density at radius 1 is 1.21 bits per heavy atom. The van der Waals surface area contributed by atoms with Crippen molar-refractivity contribution in [1.82, 2.24) is 20.4 Å². The zero-order valence-corrected chi connectivity index (χ0v) is 17.1. The second kappa shape index (κ2) is 7.04. The van der Waals surface area contributed by atoms with E-state index in [1.165, 1.54) is 18.4 Å². The molecule has 4 aliphatic rings. The largest absolute Gasteiger partial charge is 0.381 e. The second-order valence-corrected chi connectivity index (χ2v) is 9.40. The van der Waals surface area contributed by atoms with E-state index in [1.807, 2.05) is 6.20 Å². The molecule has 28 heavy (non-hydrogen) atoms. The average molecular weight is 387 g/mol. The molecule has 7 nitrogen and oxygen atoms in total. The molecular formula is C21H34N6O. The second-order valence-electron chi connectivity index (χ2n) is 9.40. The van der Waals surface area contributed by atoms with E-state index >= 15 is 0 Å². The monoisotopic (exact) mass is 386 g/mol. The van der Waals surface area contributed by atoms with E-state index < -0.39 is 5.66 Å². The zero-order valence-electron chi connectivity index (χ0n) is 17.1. The third kappa shape index (κ3) is 2.95. The Kier molecular flexibility index (Phi) is 4.64. The van der Waals surface area contributed by atoms with Crippen molar-refractivity contribution in [3.05, 3.63) is 23.7 Å². The summed E-state index contributed by atoms with van der Waals surface area (Å²) in [6.45, 7) is 8.22. The molecule has 4 heterocycles. The molecule has 3 atom stereocenters. The van der Waals surface area contributed by atoms with Gasteiger partial charge in [0.15, 0.2) is 0 Å². The van der Waals surface area contributed by atoms with Gasteiger partial charge < -0.3 is 26.4 Å². The minimum absolute atomic E-state index is 0.396. The maximum Gasteiger partial charge on any atom is 0.138 e. The molecule has 7 heteroatoms. The van der Waals surface area contributed by atoms with Gasteiger partial charge in [0.1, 0.15) is 17.3 Å². The third-order valence-electron chi connectivity index (χ3n) is 7.27. The van der Waals surface area contributed by atoms with Crippen LogP contribution >= 0.6 is 0 Å². The lowest BCUT2D eigenvalue weighted by Crippen LogP contribution is -2.59. The van der Waals surface area contributed by atoms with Crippen LogP contribution in [0.2, 0.25) is 0 Å². The molecule has 3 fully saturated rings. The number of aromatic nitrogens is 2. The van der Waals surface area contributed by atoms with Crippen LogP contribution < -0.4 is 21.7 Å². The molecular weight excluding hydrogens is 352 g/mol. The van der Waals surface area contributed by atoms with Gasteiger partial charge in [0.2, 0.25) is 0 Å². The highest BCUT2D eigenvalue weighted by atomic mass is 16.5. The summed E-state index contributed by atoms with van der Waals surface area (Å²) in [7, 11) is 0. The van der Waals surface area contributed by atoms with Crippen LogP contribution in [0.5, 0.6) is 0 Å². The first-order chi connectivity index (χ1) is 13.6. The molecule has 0 radical (unpaired) electrons. The predicted octanol–water partition coefficient (Wildman–Crippen LogP) is 1.90. The first-order valence-corrected chi connectivity index (χ1v) is 11.0. The molecule has 0 aromatic carbocycles. The lowest BCUT2D eigenvalue weighted by atomic mass is 9.76. The van der Waals surface area contributed by atoms with Crippen LogP contribution in [0.4, 0.5) is 5.82 Å². The van der Waals surface area contributed by atoms with Gasteiger partial charge in [0, 0.05) is 30.7 Å². The minimum atomic E-state index is -0.588. The van der Waals surface area contributed by atoms with Crippen molar-refractivity contribution in [3.63, 3.8) is 0 Å². The fourth-order valence-corrected chi connectivity index (χ4v) is 5.87. The molecule has 1 aliphatic carbocycles. The van der Waals surface area contributed by atoms with Crippen LogP contribution in [-0.4, -0.2) is 42.1 Å². The molecule has 2 saturated heterocycles. The van der Waals surface area contributed by atoms with E-state index in [2.05, 4.69) is 40.6 Å². The number of nitrogens with zero attached hydrogens (tertiary/aromatic N) is 2. The van der Waals surface area contributed by atoms with Crippen molar-refractivity contribution in [2.45, 2.75) is 57.2 Å². The van der Waals surface area contributed by atoms with Crippen LogP contribution in [0.25, 0.3) is 0 Å². The number of piperidine rings is 1. The number of nitrogens with one attached hydrogen (secondary N) is 3. The number of nitrogens with two attached hydrogens (primary N) is 1. The van der Waals surface area contributed by atoms with Crippen molar-refractivity contribution in [1.29, 1.82) is 0 Å². The molecule has 0 amide bonds. The molecule has 3 unspecified atom stereocenters. The van der Waals surface area contributed by atoms with Gasteiger partial charge in [-0.3, -0.25) is 0 Å². The summed E-state index contributed by atoms with van der Waals surface area (Å²) in [5.41, 5.74) is 7.91. The van der Waals surface area contributed by atoms with Crippen LogP contribution in [-0.2, 0) is 10.4 Å². The number of ether oxygens (including phenoxy) is 1. The van der Waals surface area contributed by atoms with Crippen molar-refractivity contribution in [3.8, 4) is 0 Å². The summed E-state index contributed by atoms with van der Waals surface area (Å²) in [5.74, 6) is 4.15. The minimum Gasteiger partial charge on any atom is -0.381 e. The van der Waals surface area contributed by atoms with E-state index in [0.29, 0.717) is 29.7 Å². The van der Waals surface area contributed by atoms with E-state index in [0.717, 1.165) is 50.8 Å². The highest BCUT2D eigenvalue weighted by molar-refractivity contribution is 5.54. The molecule has 3 aliphatic heterocycles. The Morgan fingerprint density at radius 2 is 1.93 bits per heavy atom. The van der Waals surface area contributed by atoms with Gasteiger partial charge >= 0.3 is 0 Å². The van der Waals surface area contributed by atoms with Gasteiger partial charge in [0.25, 0.3) is 0 Å². The average Bonchev–Trinajstić information content (AvgIpc) is 3.22. The SMILES string of the molecule is CC(C)c1cnn2c1NC(NC1CCOCC1)=CC2(N)C1C2CCC1CNC2. The third-order valence-corrected chi connectivity index (χ3v) is 7.27. The Hall–Kier alpha value is -1.57. The molecule has 154 valence electrons. The highest BCUT2D eigenvalue weighted by Gasteiger charge is 2.52. The van der Waals surface area contributed by atoms with Crippen molar-refractivity contribution < 1.29 is 4.74 Å². The molecule has 0 spiro atoms.